The monoisotopic (exact) mass is 157 g/mol. The molecule has 0 aromatic rings. The van der Waals surface area contributed by atoms with Gasteiger partial charge in [-0.1, -0.05) is 6.08 Å². The molecule has 1 aliphatic rings. The van der Waals surface area contributed by atoms with Gasteiger partial charge in [-0.25, -0.2) is 0 Å². The van der Waals surface area contributed by atoms with Gasteiger partial charge >= 0.3 is 0 Å². The van der Waals surface area contributed by atoms with Gasteiger partial charge in [0.25, 0.3) is 0 Å². The van der Waals surface area contributed by atoms with E-state index in [-0.39, 0.29) is 0 Å². The van der Waals surface area contributed by atoms with Gasteiger partial charge in [0.15, 0.2) is 0 Å². The molecule has 0 bridgehead atoms. The van der Waals surface area contributed by atoms with Crippen LogP contribution in [0.2, 0.25) is 0 Å². The minimum atomic E-state index is 1.07. The highest BCUT2D eigenvalue weighted by Crippen LogP contribution is 2.09. The van der Waals surface area contributed by atoms with Gasteiger partial charge in [0.1, 0.15) is 0 Å². The Labute approximate surface area is 67.5 Å². The van der Waals surface area contributed by atoms with E-state index in [9.17, 15) is 0 Å². The number of nitrogens with zero attached hydrogens (tertiary/aromatic N) is 1. The zero-order valence-electron chi connectivity index (χ0n) is 6.38. The zero-order valence-corrected chi connectivity index (χ0v) is 7.20. The van der Waals surface area contributed by atoms with Gasteiger partial charge in [-0.2, -0.15) is 11.8 Å². The van der Waals surface area contributed by atoms with Crippen molar-refractivity contribution in [1.29, 1.82) is 0 Å². The number of hydrogen-bond acceptors (Lipinski definition) is 2. The Morgan fingerprint density at radius 1 is 1.40 bits per heavy atom. The lowest BCUT2D eigenvalue weighted by Crippen LogP contribution is -2.25. The second-order valence-corrected chi connectivity index (χ2v) is 3.78. The van der Waals surface area contributed by atoms with Crippen molar-refractivity contribution < 1.29 is 0 Å². The number of hydrogen-bond donors (Lipinski definition) is 0. The van der Waals surface area contributed by atoms with Crippen molar-refractivity contribution in [3.8, 4) is 0 Å². The first-order chi connectivity index (χ1) is 4.93. The fraction of sp³-hybridized carbons (Fsp3) is 0.750. The summed E-state index contributed by atoms with van der Waals surface area (Å²) in [6.07, 6.45) is 3.34. The predicted octanol–water partition coefficient (Wildman–Crippen LogP) is 1.61. The Hall–Kier alpha value is 0.0500. The predicted molar refractivity (Wildman–Crippen MR) is 48.6 cm³/mol. The van der Waals surface area contributed by atoms with E-state index >= 15 is 0 Å². The molecule has 1 fully saturated rings. The summed E-state index contributed by atoms with van der Waals surface area (Å²) in [5.41, 5.74) is 0. The van der Waals surface area contributed by atoms with Crippen molar-refractivity contribution >= 4 is 11.8 Å². The van der Waals surface area contributed by atoms with Crippen LogP contribution in [-0.2, 0) is 0 Å². The van der Waals surface area contributed by atoms with Gasteiger partial charge in [-0.15, -0.1) is 6.58 Å². The summed E-state index contributed by atoms with van der Waals surface area (Å²) in [6.45, 7) is 7.32. The SMILES string of the molecule is C=CCN1CCCSCC1. The second-order valence-electron chi connectivity index (χ2n) is 2.56. The summed E-state index contributed by atoms with van der Waals surface area (Å²) in [6, 6.07) is 0. The maximum absolute atomic E-state index is 3.74. The van der Waals surface area contributed by atoms with E-state index in [0.29, 0.717) is 0 Å². The molecule has 0 aliphatic carbocycles. The van der Waals surface area contributed by atoms with Crippen LogP contribution in [0, 0.1) is 0 Å². The maximum Gasteiger partial charge on any atom is 0.0160 e. The third-order valence-electron chi connectivity index (χ3n) is 1.70. The summed E-state index contributed by atoms with van der Waals surface area (Å²) in [4.78, 5) is 2.47. The van der Waals surface area contributed by atoms with Gasteiger partial charge < -0.3 is 0 Å². The number of rotatable bonds is 2. The Morgan fingerprint density at radius 3 is 3.10 bits per heavy atom. The molecule has 10 heavy (non-hydrogen) atoms. The second kappa shape index (κ2) is 4.80. The molecular formula is C8H15NS. The molecule has 0 N–H and O–H groups in total. The van der Waals surface area contributed by atoms with Crippen LogP contribution in [0.1, 0.15) is 6.42 Å². The van der Waals surface area contributed by atoms with Crippen LogP contribution in [0.15, 0.2) is 12.7 Å². The van der Waals surface area contributed by atoms with Gasteiger partial charge in [0.05, 0.1) is 0 Å². The Kier molecular flexibility index (Phi) is 3.91. The van der Waals surface area contributed by atoms with Crippen LogP contribution in [0.25, 0.3) is 0 Å². The molecule has 1 rings (SSSR count). The molecule has 0 saturated carbocycles. The molecule has 1 heterocycles. The molecule has 1 aliphatic heterocycles. The van der Waals surface area contributed by atoms with Crippen LogP contribution in [0.5, 0.6) is 0 Å². The van der Waals surface area contributed by atoms with E-state index in [1.54, 1.807) is 0 Å². The van der Waals surface area contributed by atoms with Crippen LogP contribution in [0.4, 0.5) is 0 Å². The Balaban J connectivity index is 2.21. The van der Waals surface area contributed by atoms with E-state index in [4.69, 9.17) is 0 Å². The molecule has 1 saturated heterocycles. The molecule has 2 heteroatoms. The van der Waals surface area contributed by atoms with E-state index < -0.39 is 0 Å². The first-order valence-electron chi connectivity index (χ1n) is 3.84. The summed E-state index contributed by atoms with van der Waals surface area (Å²) in [7, 11) is 0. The molecule has 0 unspecified atom stereocenters. The third-order valence-corrected chi connectivity index (χ3v) is 2.75. The molecule has 0 radical (unpaired) electrons. The van der Waals surface area contributed by atoms with Gasteiger partial charge in [0.2, 0.25) is 0 Å². The summed E-state index contributed by atoms with van der Waals surface area (Å²) >= 11 is 2.07. The molecule has 0 atom stereocenters. The van der Waals surface area contributed by atoms with Crippen molar-refractivity contribution in [2.45, 2.75) is 6.42 Å². The first-order valence-corrected chi connectivity index (χ1v) is 5.00. The fourth-order valence-corrected chi connectivity index (χ4v) is 2.09. The molecule has 0 aromatic carbocycles. The first kappa shape index (κ1) is 8.15. The van der Waals surface area contributed by atoms with Crippen LogP contribution >= 0.6 is 11.8 Å². The fourth-order valence-electron chi connectivity index (χ4n) is 1.16. The molecule has 0 spiro atoms. The van der Waals surface area contributed by atoms with E-state index in [1.165, 1.54) is 31.0 Å². The standard InChI is InChI=1S/C8H15NS/c1-2-4-9-5-3-7-10-8-6-9/h2H,1,3-8H2. The minimum absolute atomic E-state index is 1.07. The normalized spacial score (nSPS) is 22.0. The van der Waals surface area contributed by atoms with E-state index in [1.807, 2.05) is 6.08 Å². The number of thioether (sulfide) groups is 1. The lowest BCUT2D eigenvalue weighted by Gasteiger charge is -2.16. The average Bonchev–Trinajstić information content (AvgIpc) is 2.17. The van der Waals surface area contributed by atoms with Crippen molar-refractivity contribution in [3.63, 3.8) is 0 Å². The van der Waals surface area contributed by atoms with Crippen molar-refractivity contribution in [2.24, 2.45) is 0 Å². The van der Waals surface area contributed by atoms with Crippen LogP contribution in [0.3, 0.4) is 0 Å². The highest BCUT2D eigenvalue weighted by molar-refractivity contribution is 7.99. The topological polar surface area (TPSA) is 3.24 Å². The smallest absolute Gasteiger partial charge is 0.0160 e. The largest absolute Gasteiger partial charge is 0.299 e. The Bertz CT molecular complexity index is 95.4. The van der Waals surface area contributed by atoms with Crippen LogP contribution < -0.4 is 0 Å². The van der Waals surface area contributed by atoms with Gasteiger partial charge in [-0.3, -0.25) is 4.90 Å². The molecular weight excluding hydrogens is 142 g/mol. The lowest BCUT2D eigenvalue weighted by atomic mass is 10.4. The van der Waals surface area contributed by atoms with Crippen LogP contribution in [-0.4, -0.2) is 36.0 Å². The van der Waals surface area contributed by atoms with E-state index in [2.05, 4.69) is 23.2 Å². The minimum Gasteiger partial charge on any atom is -0.299 e. The molecule has 0 aromatic heterocycles. The van der Waals surface area contributed by atoms with Crippen molar-refractivity contribution in [2.75, 3.05) is 31.1 Å². The Morgan fingerprint density at radius 2 is 2.30 bits per heavy atom. The van der Waals surface area contributed by atoms with Gasteiger partial charge in [0, 0.05) is 18.8 Å². The summed E-state index contributed by atoms with van der Waals surface area (Å²) in [5, 5.41) is 0. The van der Waals surface area contributed by atoms with Crippen molar-refractivity contribution in [1.82, 2.24) is 4.90 Å². The highest BCUT2D eigenvalue weighted by atomic mass is 32.2. The maximum atomic E-state index is 3.74. The summed E-state index contributed by atoms with van der Waals surface area (Å²) in [5.74, 6) is 2.64. The summed E-state index contributed by atoms with van der Waals surface area (Å²) < 4.78 is 0. The molecule has 1 nitrogen and oxygen atoms in total. The van der Waals surface area contributed by atoms with Crippen molar-refractivity contribution in [3.05, 3.63) is 12.7 Å². The van der Waals surface area contributed by atoms with E-state index in [0.717, 1.165) is 6.54 Å². The lowest BCUT2D eigenvalue weighted by molar-refractivity contribution is 0.328. The highest BCUT2D eigenvalue weighted by Gasteiger charge is 2.05. The zero-order chi connectivity index (χ0) is 7.23. The molecule has 58 valence electrons. The average molecular weight is 157 g/mol. The third kappa shape index (κ3) is 2.76. The quantitative estimate of drug-likeness (QED) is 0.560. The molecule has 0 amide bonds. The van der Waals surface area contributed by atoms with Gasteiger partial charge in [-0.05, 0) is 18.7 Å².